The van der Waals surface area contributed by atoms with Crippen LogP contribution in [0.5, 0.6) is 0 Å². The maximum atomic E-state index is 13.2. The quantitative estimate of drug-likeness (QED) is 0.884. The third kappa shape index (κ3) is 2.05. The Hall–Kier alpha value is -1.09. The van der Waals surface area contributed by atoms with Crippen molar-refractivity contribution in [3.63, 3.8) is 0 Å². The van der Waals surface area contributed by atoms with Crippen LogP contribution in [0.2, 0.25) is 5.02 Å². The van der Waals surface area contributed by atoms with Gasteiger partial charge in [0.1, 0.15) is 5.82 Å². The minimum absolute atomic E-state index is 0.190. The van der Waals surface area contributed by atoms with E-state index in [1.54, 1.807) is 20.8 Å². The zero-order valence-corrected chi connectivity index (χ0v) is 10.2. The molecule has 0 amide bonds. The van der Waals surface area contributed by atoms with Gasteiger partial charge in [0, 0.05) is 5.02 Å². The van der Waals surface area contributed by atoms with Crippen LogP contribution in [0.4, 0.5) is 4.39 Å². The SMILES string of the molecule is CC(C)C(C)(C(=O)O)c1cc(F)ccc1Cl. The fraction of sp³-hybridized carbons (Fsp3) is 0.417. The number of carboxylic acids is 1. The maximum Gasteiger partial charge on any atom is 0.314 e. The molecule has 0 aliphatic heterocycles. The highest BCUT2D eigenvalue weighted by Gasteiger charge is 2.40. The molecule has 88 valence electrons. The Morgan fingerprint density at radius 3 is 2.50 bits per heavy atom. The first kappa shape index (κ1) is 13.0. The Morgan fingerprint density at radius 1 is 1.50 bits per heavy atom. The molecule has 0 radical (unpaired) electrons. The Morgan fingerprint density at radius 2 is 2.06 bits per heavy atom. The first-order valence-electron chi connectivity index (χ1n) is 4.99. The van der Waals surface area contributed by atoms with Crippen molar-refractivity contribution in [1.29, 1.82) is 0 Å². The van der Waals surface area contributed by atoms with Gasteiger partial charge in [-0.3, -0.25) is 4.79 Å². The molecule has 0 aliphatic carbocycles. The van der Waals surface area contributed by atoms with Gasteiger partial charge in [-0.2, -0.15) is 0 Å². The van der Waals surface area contributed by atoms with Crippen LogP contribution in [-0.4, -0.2) is 11.1 Å². The molecule has 0 aromatic heterocycles. The van der Waals surface area contributed by atoms with Gasteiger partial charge in [0.2, 0.25) is 0 Å². The van der Waals surface area contributed by atoms with E-state index in [4.69, 9.17) is 11.6 Å². The summed E-state index contributed by atoms with van der Waals surface area (Å²) in [5, 5.41) is 9.57. The largest absolute Gasteiger partial charge is 0.481 e. The summed E-state index contributed by atoms with van der Waals surface area (Å²) < 4.78 is 13.2. The number of carbonyl (C=O) groups is 1. The van der Waals surface area contributed by atoms with Crippen LogP contribution in [0.15, 0.2) is 18.2 Å². The Balaban J connectivity index is 3.43. The van der Waals surface area contributed by atoms with Crippen molar-refractivity contribution in [3.05, 3.63) is 34.6 Å². The topological polar surface area (TPSA) is 37.3 Å². The lowest BCUT2D eigenvalue weighted by Crippen LogP contribution is -2.38. The molecule has 16 heavy (non-hydrogen) atoms. The molecule has 0 bridgehead atoms. The lowest BCUT2D eigenvalue weighted by Gasteiger charge is -2.30. The van der Waals surface area contributed by atoms with Crippen LogP contribution in [0.1, 0.15) is 26.3 Å². The molecule has 0 saturated carbocycles. The van der Waals surface area contributed by atoms with Crippen molar-refractivity contribution in [2.24, 2.45) is 5.92 Å². The van der Waals surface area contributed by atoms with Gasteiger partial charge >= 0.3 is 5.97 Å². The lowest BCUT2D eigenvalue weighted by atomic mass is 9.73. The van der Waals surface area contributed by atoms with E-state index in [0.717, 1.165) is 0 Å². The van der Waals surface area contributed by atoms with Gasteiger partial charge in [-0.1, -0.05) is 25.4 Å². The molecule has 0 heterocycles. The molecule has 1 aromatic carbocycles. The zero-order chi connectivity index (χ0) is 12.5. The number of rotatable bonds is 3. The van der Waals surface area contributed by atoms with E-state index in [9.17, 15) is 14.3 Å². The zero-order valence-electron chi connectivity index (χ0n) is 9.42. The molecular weight excluding hydrogens is 231 g/mol. The van der Waals surface area contributed by atoms with E-state index in [1.807, 2.05) is 0 Å². The molecule has 2 nitrogen and oxygen atoms in total. The van der Waals surface area contributed by atoms with Crippen LogP contribution in [0, 0.1) is 11.7 Å². The molecule has 1 unspecified atom stereocenters. The number of halogens is 2. The molecule has 1 aromatic rings. The molecule has 1 rings (SSSR count). The molecule has 0 saturated heterocycles. The Kier molecular flexibility index (Phi) is 3.58. The summed E-state index contributed by atoms with van der Waals surface area (Å²) in [6.45, 7) is 5.10. The van der Waals surface area contributed by atoms with Crippen LogP contribution in [0.25, 0.3) is 0 Å². The van der Waals surface area contributed by atoms with Crippen molar-refractivity contribution >= 4 is 17.6 Å². The summed E-state index contributed by atoms with van der Waals surface area (Å²) in [5.74, 6) is -1.67. The van der Waals surface area contributed by atoms with Gasteiger partial charge in [-0.05, 0) is 36.6 Å². The summed E-state index contributed by atoms with van der Waals surface area (Å²) in [6, 6.07) is 3.79. The molecule has 1 N–H and O–H groups in total. The molecule has 0 aliphatic rings. The van der Waals surface area contributed by atoms with E-state index in [0.29, 0.717) is 5.56 Å². The third-order valence-electron chi connectivity index (χ3n) is 3.09. The maximum absolute atomic E-state index is 13.2. The van der Waals surface area contributed by atoms with Gasteiger partial charge in [-0.25, -0.2) is 4.39 Å². The Labute approximate surface area is 99.0 Å². The number of aliphatic carboxylic acids is 1. The number of benzene rings is 1. The van der Waals surface area contributed by atoms with Crippen LogP contribution < -0.4 is 0 Å². The summed E-state index contributed by atoms with van der Waals surface area (Å²) in [4.78, 5) is 11.3. The van der Waals surface area contributed by atoms with Gasteiger partial charge < -0.3 is 5.11 Å². The minimum atomic E-state index is -1.18. The molecule has 0 fully saturated rings. The monoisotopic (exact) mass is 244 g/mol. The van der Waals surface area contributed by atoms with Crippen molar-refractivity contribution in [2.45, 2.75) is 26.2 Å². The standard InChI is InChI=1S/C12H14ClFO2/c1-7(2)12(3,11(15)16)9-6-8(14)4-5-10(9)13/h4-7H,1-3H3,(H,15,16). The molecule has 4 heteroatoms. The van der Waals surface area contributed by atoms with Crippen LogP contribution in [-0.2, 0) is 10.2 Å². The van der Waals surface area contributed by atoms with E-state index in [1.165, 1.54) is 18.2 Å². The first-order chi connectivity index (χ1) is 7.30. The number of hydrogen-bond donors (Lipinski definition) is 1. The summed E-state index contributed by atoms with van der Waals surface area (Å²) in [5.41, 5.74) is -0.865. The summed E-state index contributed by atoms with van der Waals surface area (Å²) in [6.07, 6.45) is 0. The van der Waals surface area contributed by atoms with Crippen molar-refractivity contribution in [3.8, 4) is 0 Å². The number of hydrogen-bond acceptors (Lipinski definition) is 1. The van der Waals surface area contributed by atoms with Gasteiger partial charge in [0.05, 0.1) is 5.41 Å². The average molecular weight is 245 g/mol. The summed E-state index contributed by atoms with van der Waals surface area (Å²) >= 11 is 5.94. The predicted molar refractivity (Wildman–Crippen MR) is 61.2 cm³/mol. The normalized spacial score (nSPS) is 14.9. The highest BCUT2D eigenvalue weighted by Crippen LogP contribution is 2.37. The smallest absolute Gasteiger partial charge is 0.314 e. The molecule has 0 spiro atoms. The fourth-order valence-corrected chi connectivity index (χ4v) is 1.88. The van der Waals surface area contributed by atoms with Crippen LogP contribution in [0.3, 0.4) is 0 Å². The predicted octanol–water partition coefficient (Wildman–Crippen LogP) is 3.48. The highest BCUT2D eigenvalue weighted by atomic mass is 35.5. The van der Waals surface area contributed by atoms with Crippen LogP contribution >= 0.6 is 11.6 Å². The van der Waals surface area contributed by atoms with Gasteiger partial charge in [0.25, 0.3) is 0 Å². The number of carboxylic acid groups (broad SMARTS) is 1. The minimum Gasteiger partial charge on any atom is -0.481 e. The van der Waals surface area contributed by atoms with Crippen molar-refractivity contribution in [1.82, 2.24) is 0 Å². The van der Waals surface area contributed by atoms with E-state index < -0.39 is 17.2 Å². The molecular formula is C12H14ClFO2. The van der Waals surface area contributed by atoms with Gasteiger partial charge in [0.15, 0.2) is 0 Å². The first-order valence-corrected chi connectivity index (χ1v) is 5.37. The second kappa shape index (κ2) is 4.42. The lowest BCUT2D eigenvalue weighted by molar-refractivity contribution is -0.145. The van der Waals surface area contributed by atoms with Crippen molar-refractivity contribution in [2.75, 3.05) is 0 Å². The van der Waals surface area contributed by atoms with Crippen molar-refractivity contribution < 1.29 is 14.3 Å². The van der Waals surface area contributed by atoms with E-state index >= 15 is 0 Å². The second-order valence-electron chi connectivity index (χ2n) is 4.29. The average Bonchev–Trinajstić information content (AvgIpc) is 2.19. The van der Waals surface area contributed by atoms with E-state index in [-0.39, 0.29) is 10.9 Å². The third-order valence-corrected chi connectivity index (χ3v) is 3.42. The summed E-state index contributed by atoms with van der Waals surface area (Å²) in [7, 11) is 0. The Bertz CT molecular complexity index is 417. The molecule has 1 atom stereocenters. The second-order valence-corrected chi connectivity index (χ2v) is 4.69. The van der Waals surface area contributed by atoms with E-state index in [2.05, 4.69) is 0 Å². The van der Waals surface area contributed by atoms with Gasteiger partial charge in [-0.15, -0.1) is 0 Å². The highest BCUT2D eigenvalue weighted by molar-refractivity contribution is 6.31. The fourth-order valence-electron chi connectivity index (χ4n) is 1.57.